The predicted molar refractivity (Wildman–Crippen MR) is 101 cm³/mol. The van der Waals surface area contributed by atoms with E-state index >= 15 is 0 Å². The molecule has 0 saturated carbocycles. The number of aromatic nitrogens is 1. The second-order valence-electron chi connectivity index (χ2n) is 6.85. The number of nitrogens with one attached hydrogen (secondary N) is 2. The van der Waals surface area contributed by atoms with E-state index in [-0.39, 0.29) is 17.7 Å². The van der Waals surface area contributed by atoms with Crippen LogP contribution >= 0.6 is 0 Å². The van der Waals surface area contributed by atoms with E-state index in [1.54, 1.807) is 7.11 Å². The number of para-hydroxylation sites is 1. The number of methoxy groups -OCH3 is 1. The third-order valence-electron chi connectivity index (χ3n) is 4.99. The zero-order chi connectivity index (χ0) is 18.4. The summed E-state index contributed by atoms with van der Waals surface area (Å²) < 4.78 is 4.99. The summed E-state index contributed by atoms with van der Waals surface area (Å²) in [7, 11) is 1.65. The Morgan fingerprint density at radius 2 is 2.19 bits per heavy atom. The van der Waals surface area contributed by atoms with Crippen LogP contribution in [0.3, 0.4) is 0 Å². The molecule has 1 fully saturated rings. The normalized spacial score (nSPS) is 17.4. The lowest BCUT2D eigenvalue weighted by Crippen LogP contribution is -2.46. The summed E-state index contributed by atoms with van der Waals surface area (Å²) in [5.74, 6) is 0.0237. The molecule has 140 valence electrons. The Hall–Kier alpha value is -2.34. The number of fused-ring (bicyclic) bond motifs is 1. The molecule has 0 bridgehead atoms. The number of nitrogens with zero attached hydrogens (tertiary/aromatic N) is 1. The highest BCUT2D eigenvalue weighted by molar-refractivity contribution is 5.89. The summed E-state index contributed by atoms with van der Waals surface area (Å²) in [5.41, 5.74) is 2.05. The Morgan fingerprint density at radius 1 is 1.35 bits per heavy atom. The van der Waals surface area contributed by atoms with Crippen LogP contribution in [-0.2, 0) is 20.7 Å². The standard InChI is InChI=1S/C20H27N3O3/c1-26-11-5-9-21-20(25)15-6-4-10-23(14-15)19(24)12-16-13-22-18-8-3-2-7-17(16)18/h2-3,7-8,13,15,22H,4-6,9-12,14H2,1H3,(H,21,25)/t15-/m1/s1. The summed E-state index contributed by atoms with van der Waals surface area (Å²) in [6, 6.07) is 8.00. The Bertz CT molecular complexity index is 756. The molecule has 26 heavy (non-hydrogen) atoms. The molecule has 6 heteroatoms. The number of ether oxygens (including phenoxy) is 1. The topological polar surface area (TPSA) is 74.4 Å². The Kier molecular flexibility index (Phi) is 6.28. The van der Waals surface area contributed by atoms with Crippen LogP contribution in [0.15, 0.2) is 30.5 Å². The lowest BCUT2D eigenvalue weighted by Gasteiger charge is -2.32. The predicted octanol–water partition coefficient (Wildman–Crippen LogP) is 2.10. The minimum atomic E-state index is -0.113. The van der Waals surface area contributed by atoms with Crippen LogP contribution in [0.4, 0.5) is 0 Å². The molecule has 0 radical (unpaired) electrons. The van der Waals surface area contributed by atoms with Gasteiger partial charge in [0.2, 0.25) is 11.8 Å². The monoisotopic (exact) mass is 357 g/mol. The zero-order valence-electron chi connectivity index (χ0n) is 15.3. The number of carbonyl (C=O) groups is 2. The fraction of sp³-hybridized carbons (Fsp3) is 0.500. The van der Waals surface area contributed by atoms with Crippen LogP contribution in [0.2, 0.25) is 0 Å². The quantitative estimate of drug-likeness (QED) is 0.745. The first-order valence-electron chi connectivity index (χ1n) is 9.28. The number of hydrogen-bond donors (Lipinski definition) is 2. The molecule has 1 saturated heterocycles. The van der Waals surface area contributed by atoms with E-state index in [1.165, 1.54) is 0 Å². The molecule has 0 spiro atoms. The highest BCUT2D eigenvalue weighted by Crippen LogP contribution is 2.21. The zero-order valence-corrected chi connectivity index (χ0v) is 15.3. The van der Waals surface area contributed by atoms with Crippen molar-refractivity contribution in [2.45, 2.75) is 25.7 Å². The number of rotatable bonds is 7. The third-order valence-corrected chi connectivity index (χ3v) is 4.99. The van der Waals surface area contributed by atoms with E-state index in [9.17, 15) is 9.59 Å². The van der Waals surface area contributed by atoms with Gasteiger partial charge in [-0.1, -0.05) is 18.2 Å². The molecule has 0 aliphatic carbocycles. The molecule has 6 nitrogen and oxygen atoms in total. The maximum Gasteiger partial charge on any atom is 0.227 e. The number of aromatic amines is 1. The van der Waals surface area contributed by atoms with Gasteiger partial charge in [-0.2, -0.15) is 0 Å². The van der Waals surface area contributed by atoms with Crippen molar-refractivity contribution < 1.29 is 14.3 Å². The first-order chi connectivity index (χ1) is 12.7. The van der Waals surface area contributed by atoms with Gasteiger partial charge < -0.3 is 19.9 Å². The Labute approximate surface area is 153 Å². The van der Waals surface area contributed by atoms with Crippen molar-refractivity contribution in [2.24, 2.45) is 5.92 Å². The number of amides is 2. The Balaban J connectivity index is 1.55. The van der Waals surface area contributed by atoms with Gasteiger partial charge in [-0.15, -0.1) is 0 Å². The van der Waals surface area contributed by atoms with Gasteiger partial charge in [0.25, 0.3) is 0 Å². The summed E-state index contributed by atoms with van der Waals surface area (Å²) >= 11 is 0. The lowest BCUT2D eigenvalue weighted by molar-refractivity contribution is -0.135. The van der Waals surface area contributed by atoms with Gasteiger partial charge in [-0.25, -0.2) is 0 Å². The number of carbonyl (C=O) groups excluding carboxylic acids is 2. The molecule has 2 aromatic rings. The highest BCUT2D eigenvalue weighted by atomic mass is 16.5. The minimum Gasteiger partial charge on any atom is -0.385 e. The molecule has 1 aliphatic heterocycles. The summed E-state index contributed by atoms with van der Waals surface area (Å²) in [4.78, 5) is 30.1. The molecular weight excluding hydrogens is 330 g/mol. The number of hydrogen-bond acceptors (Lipinski definition) is 3. The maximum atomic E-state index is 12.7. The van der Waals surface area contributed by atoms with Crippen molar-refractivity contribution in [1.29, 1.82) is 0 Å². The van der Waals surface area contributed by atoms with Crippen LogP contribution in [0.25, 0.3) is 10.9 Å². The van der Waals surface area contributed by atoms with E-state index in [0.29, 0.717) is 26.1 Å². The SMILES string of the molecule is COCCCNC(=O)[C@@H]1CCCN(C(=O)Cc2c[nH]c3ccccc23)C1. The minimum absolute atomic E-state index is 0.0469. The molecule has 2 amide bonds. The largest absolute Gasteiger partial charge is 0.385 e. The van der Waals surface area contributed by atoms with Gasteiger partial charge >= 0.3 is 0 Å². The molecule has 1 atom stereocenters. The highest BCUT2D eigenvalue weighted by Gasteiger charge is 2.28. The van der Waals surface area contributed by atoms with Crippen molar-refractivity contribution in [3.63, 3.8) is 0 Å². The fourth-order valence-electron chi connectivity index (χ4n) is 3.54. The van der Waals surface area contributed by atoms with Crippen molar-refractivity contribution in [2.75, 3.05) is 33.4 Å². The molecule has 1 aliphatic rings. The summed E-state index contributed by atoms with van der Waals surface area (Å²) in [6.07, 6.45) is 4.79. The average Bonchev–Trinajstić information content (AvgIpc) is 3.08. The van der Waals surface area contributed by atoms with Gasteiger partial charge in [-0.05, 0) is 30.9 Å². The Morgan fingerprint density at radius 3 is 3.04 bits per heavy atom. The second-order valence-corrected chi connectivity index (χ2v) is 6.85. The first kappa shape index (κ1) is 18.5. The van der Waals surface area contributed by atoms with Crippen LogP contribution in [-0.4, -0.2) is 55.0 Å². The molecule has 2 heterocycles. The molecule has 3 rings (SSSR count). The van der Waals surface area contributed by atoms with Crippen LogP contribution in [0.5, 0.6) is 0 Å². The lowest BCUT2D eigenvalue weighted by atomic mass is 9.96. The van der Waals surface area contributed by atoms with Gasteiger partial charge in [0.1, 0.15) is 0 Å². The van der Waals surface area contributed by atoms with E-state index < -0.39 is 0 Å². The van der Waals surface area contributed by atoms with E-state index in [1.807, 2.05) is 35.4 Å². The molecule has 2 N–H and O–H groups in total. The smallest absolute Gasteiger partial charge is 0.227 e. The summed E-state index contributed by atoms with van der Waals surface area (Å²) in [6.45, 7) is 2.50. The molecule has 1 aromatic heterocycles. The van der Waals surface area contributed by atoms with Crippen molar-refractivity contribution in [3.8, 4) is 0 Å². The molecule has 0 unspecified atom stereocenters. The van der Waals surface area contributed by atoms with Crippen molar-refractivity contribution >= 4 is 22.7 Å². The van der Waals surface area contributed by atoms with E-state index in [2.05, 4.69) is 10.3 Å². The fourth-order valence-corrected chi connectivity index (χ4v) is 3.54. The van der Waals surface area contributed by atoms with Crippen LogP contribution in [0, 0.1) is 5.92 Å². The number of benzene rings is 1. The van der Waals surface area contributed by atoms with Crippen LogP contribution < -0.4 is 5.32 Å². The maximum absolute atomic E-state index is 12.7. The van der Waals surface area contributed by atoms with E-state index in [0.717, 1.165) is 42.3 Å². The average molecular weight is 357 g/mol. The van der Waals surface area contributed by atoms with Crippen LogP contribution in [0.1, 0.15) is 24.8 Å². The number of piperidine rings is 1. The summed E-state index contributed by atoms with van der Waals surface area (Å²) in [5, 5.41) is 4.04. The first-order valence-corrected chi connectivity index (χ1v) is 9.28. The van der Waals surface area contributed by atoms with Crippen molar-refractivity contribution in [1.82, 2.24) is 15.2 Å². The number of likely N-dealkylation sites (tertiary alicyclic amines) is 1. The van der Waals surface area contributed by atoms with Gasteiger partial charge in [-0.3, -0.25) is 9.59 Å². The number of H-pyrrole nitrogens is 1. The van der Waals surface area contributed by atoms with Gasteiger partial charge in [0.05, 0.1) is 12.3 Å². The van der Waals surface area contributed by atoms with Gasteiger partial charge in [0.15, 0.2) is 0 Å². The van der Waals surface area contributed by atoms with E-state index in [4.69, 9.17) is 4.74 Å². The third kappa shape index (κ3) is 4.43. The van der Waals surface area contributed by atoms with Gasteiger partial charge in [0, 0.05) is 50.5 Å². The molecular formula is C20H27N3O3. The molecule has 1 aromatic carbocycles. The van der Waals surface area contributed by atoms with Crippen molar-refractivity contribution in [3.05, 3.63) is 36.0 Å². The second kappa shape index (κ2) is 8.85.